The van der Waals surface area contributed by atoms with Gasteiger partial charge >= 0.3 is 0 Å². The average Bonchev–Trinajstić information content (AvgIpc) is 2.92. The molecule has 5 heteroatoms. The molecular formula is C18H37NO3S. The van der Waals surface area contributed by atoms with Gasteiger partial charge in [0.1, 0.15) is 0 Å². The highest BCUT2D eigenvalue weighted by molar-refractivity contribution is 7.85. The van der Waals surface area contributed by atoms with Crippen LogP contribution in [0.2, 0.25) is 0 Å². The van der Waals surface area contributed by atoms with Crippen LogP contribution in [0.4, 0.5) is 0 Å². The first-order valence-corrected chi connectivity index (χ1v) is 11.1. The average molecular weight is 348 g/mol. The van der Waals surface area contributed by atoms with E-state index in [-0.39, 0.29) is 0 Å². The Balaban J connectivity index is 0.000000841. The van der Waals surface area contributed by atoms with Gasteiger partial charge in [-0.1, -0.05) is 70.8 Å². The summed E-state index contributed by atoms with van der Waals surface area (Å²) in [6, 6.07) is 0. The summed E-state index contributed by atoms with van der Waals surface area (Å²) in [6.45, 7) is 7.13. The van der Waals surface area contributed by atoms with Crippen LogP contribution in [0, 0.1) is 0 Å². The second-order valence-electron chi connectivity index (χ2n) is 6.49. The zero-order valence-electron chi connectivity index (χ0n) is 15.4. The Hall–Kier alpha value is -0.550. The zero-order valence-corrected chi connectivity index (χ0v) is 16.2. The van der Waals surface area contributed by atoms with Crippen LogP contribution < -0.4 is 0 Å². The second-order valence-corrected chi connectivity index (χ2v) is 7.95. The van der Waals surface area contributed by atoms with Crippen LogP contribution in [0.25, 0.3) is 0 Å². The Morgan fingerprint density at radius 3 is 1.91 bits per heavy atom. The van der Waals surface area contributed by atoms with Gasteiger partial charge in [-0.15, -0.1) is 0 Å². The first-order chi connectivity index (χ1) is 10.9. The Labute approximate surface area is 144 Å². The highest BCUT2D eigenvalue weighted by Crippen LogP contribution is 2.17. The van der Waals surface area contributed by atoms with Crippen molar-refractivity contribution in [2.24, 2.45) is 0 Å². The van der Waals surface area contributed by atoms with Crippen molar-refractivity contribution in [3.05, 3.63) is 11.8 Å². The third-order valence-corrected chi connectivity index (χ3v) is 4.09. The van der Waals surface area contributed by atoms with Crippen LogP contribution in [0.1, 0.15) is 84.5 Å². The van der Waals surface area contributed by atoms with Crippen molar-refractivity contribution in [2.75, 3.05) is 19.3 Å². The van der Waals surface area contributed by atoms with Gasteiger partial charge in [0.05, 0.1) is 6.26 Å². The lowest BCUT2D eigenvalue weighted by Gasteiger charge is -2.14. The minimum Gasteiger partial charge on any atom is -0.377 e. The molecule has 1 rings (SSSR count). The summed E-state index contributed by atoms with van der Waals surface area (Å²) in [4.78, 5) is 2.53. The summed E-state index contributed by atoms with van der Waals surface area (Å²) in [7, 11) is -3.67. The van der Waals surface area contributed by atoms with Gasteiger partial charge in [-0.25, -0.2) is 0 Å². The summed E-state index contributed by atoms with van der Waals surface area (Å²) in [5, 5.41) is 0. The van der Waals surface area contributed by atoms with E-state index in [2.05, 4.69) is 24.9 Å². The fraction of sp³-hybridized carbons (Fsp3) is 0.889. The highest BCUT2D eigenvalue weighted by atomic mass is 32.2. The summed E-state index contributed by atoms with van der Waals surface area (Å²) >= 11 is 0. The van der Waals surface area contributed by atoms with Gasteiger partial charge in [-0.05, 0) is 25.5 Å². The van der Waals surface area contributed by atoms with Crippen LogP contribution in [0.5, 0.6) is 0 Å². The first-order valence-electron chi connectivity index (χ1n) is 9.22. The van der Waals surface area contributed by atoms with Crippen LogP contribution in [0.3, 0.4) is 0 Å². The number of rotatable bonds is 11. The molecule has 1 N–H and O–H groups in total. The Morgan fingerprint density at radius 1 is 1.00 bits per heavy atom. The zero-order chi connectivity index (χ0) is 17.6. The maximum absolute atomic E-state index is 9.19. The maximum atomic E-state index is 9.19. The van der Waals surface area contributed by atoms with Crippen molar-refractivity contribution in [3.63, 3.8) is 0 Å². The van der Waals surface area contributed by atoms with E-state index >= 15 is 0 Å². The molecule has 0 unspecified atom stereocenters. The van der Waals surface area contributed by atoms with Gasteiger partial charge in [0, 0.05) is 13.1 Å². The van der Waals surface area contributed by atoms with Crippen LogP contribution in [0.15, 0.2) is 11.8 Å². The Kier molecular flexibility index (Phi) is 13.5. The third-order valence-electron chi connectivity index (χ3n) is 4.09. The summed E-state index contributed by atoms with van der Waals surface area (Å²) in [6.07, 6.45) is 18.6. The molecule has 0 aromatic rings. The van der Waals surface area contributed by atoms with Crippen molar-refractivity contribution >= 4 is 10.1 Å². The van der Waals surface area contributed by atoms with Crippen LogP contribution in [-0.2, 0) is 10.1 Å². The van der Waals surface area contributed by atoms with Crippen LogP contribution >= 0.6 is 0 Å². The molecule has 0 saturated heterocycles. The largest absolute Gasteiger partial charge is 0.377 e. The van der Waals surface area contributed by atoms with E-state index < -0.39 is 10.1 Å². The SMILES string of the molecule is CCCCCCCCCCCN1C=C(CC)CC1.CS(=O)(=O)O. The minimum absolute atomic E-state index is 0.715. The molecular weight excluding hydrogens is 310 g/mol. The smallest absolute Gasteiger partial charge is 0.261 e. The fourth-order valence-electron chi connectivity index (χ4n) is 2.74. The van der Waals surface area contributed by atoms with Crippen molar-refractivity contribution < 1.29 is 13.0 Å². The predicted molar refractivity (Wildman–Crippen MR) is 99.3 cm³/mol. The molecule has 23 heavy (non-hydrogen) atoms. The molecule has 4 nitrogen and oxygen atoms in total. The molecule has 0 atom stereocenters. The van der Waals surface area contributed by atoms with E-state index in [1.807, 2.05) is 0 Å². The molecule has 0 aromatic heterocycles. The lowest BCUT2D eigenvalue weighted by atomic mass is 10.1. The monoisotopic (exact) mass is 347 g/mol. The molecule has 1 aliphatic heterocycles. The van der Waals surface area contributed by atoms with Crippen molar-refractivity contribution in [1.82, 2.24) is 4.90 Å². The summed E-state index contributed by atoms with van der Waals surface area (Å²) in [5.41, 5.74) is 1.64. The van der Waals surface area contributed by atoms with E-state index in [0.717, 1.165) is 0 Å². The molecule has 0 bridgehead atoms. The predicted octanol–water partition coefficient (Wildman–Crippen LogP) is 5.02. The fourth-order valence-corrected chi connectivity index (χ4v) is 2.74. The number of nitrogens with zero attached hydrogens (tertiary/aromatic N) is 1. The van der Waals surface area contributed by atoms with E-state index in [4.69, 9.17) is 4.55 Å². The lowest BCUT2D eigenvalue weighted by molar-refractivity contribution is 0.387. The quantitative estimate of drug-likeness (QED) is 0.421. The van der Waals surface area contributed by atoms with Crippen molar-refractivity contribution in [1.29, 1.82) is 0 Å². The second kappa shape index (κ2) is 13.8. The summed E-state index contributed by atoms with van der Waals surface area (Å²) < 4.78 is 25.9. The van der Waals surface area contributed by atoms with Gasteiger partial charge in [0.25, 0.3) is 10.1 Å². The highest BCUT2D eigenvalue weighted by Gasteiger charge is 2.09. The van der Waals surface area contributed by atoms with Gasteiger partial charge in [-0.2, -0.15) is 8.42 Å². The molecule has 0 aliphatic carbocycles. The molecule has 0 fully saturated rings. The molecule has 0 spiro atoms. The normalized spacial score (nSPS) is 14.4. The molecule has 0 aromatic carbocycles. The van der Waals surface area contributed by atoms with E-state index in [9.17, 15) is 8.42 Å². The number of unbranched alkanes of at least 4 members (excludes halogenated alkanes) is 8. The van der Waals surface area contributed by atoms with Crippen LogP contribution in [-0.4, -0.2) is 37.2 Å². The molecule has 0 radical (unpaired) electrons. The topological polar surface area (TPSA) is 57.6 Å². The number of hydrogen-bond acceptors (Lipinski definition) is 3. The molecule has 0 saturated carbocycles. The minimum atomic E-state index is -3.67. The van der Waals surface area contributed by atoms with Crippen molar-refractivity contribution in [2.45, 2.75) is 84.5 Å². The van der Waals surface area contributed by atoms with E-state index in [0.29, 0.717) is 6.26 Å². The lowest BCUT2D eigenvalue weighted by Crippen LogP contribution is -2.15. The standard InChI is InChI=1S/C17H33N.CH4O3S/c1-3-5-6-7-8-9-10-11-12-14-18-15-13-17(4-2)16-18;1-5(2,3)4/h16H,3-15H2,1-2H3;1H3,(H,2,3,4). The van der Waals surface area contributed by atoms with Gasteiger partial charge in [-0.3, -0.25) is 4.55 Å². The van der Waals surface area contributed by atoms with Gasteiger partial charge in [0.15, 0.2) is 0 Å². The summed E-state index contributed by atoms with van der Waals surface area (Å²) in [5.74, 6) is 0. The Morgan fingerprint density at radius 2 is 1.48 bits per heavy atom. The molecule has 1 aliphatic rings. The van der Waals surface area contributed by atoms with Crippen molar-refractivity contribution in [3.8, 4) is 0 Å². The van der Waals surface area contributed by atoms with E-state index in [1.165, 1.54) is 83.7 Å². The van der Waals surface area contributed by atoms with Gasteiger partial charge in [0.2, 0.25) is 0 Å². The number of hydrogen-bond donors (Lipinski definition) is 1. The molecule has 1 heterocycles. The van der Waals surface area contributed by atoms with Gasteiger partial charge < -0.3 is 4.90 Å². The molecule has 138 valence electrons. The first kappa shape index (κ1) is 22.4. The molecule has 0 amide bonds. The van der Waals surface area contributed by atoms with E-state index in [1.54, 1.807) is 5.57 Å². The third kappa shape index (κ3) is 17.6. The Bertz CT molecular complexity index is 396. The maximum Gasteiger partial charge on any atom is 0.261 e.